The van der Waals surface area contributed by atoms with Gasteiger partial charge in [-0.25, -0.2) is 0 Å². The molecule has 0 fully saturated rings. The maximum Gasteiger partial charge on any atom is 0.0623 e. The molecule has 1 aromatic rings. The van der Waals surface area contributed by atoms with Crippen molar-refractivity contribution in [2.24, 2.45) is 5.73 Å². The van der Waals surface area contributed by atoms with E-state index in [1.807, 2.05) is 6.92 Å². The van der Waals surface area contributed by atoms with Crippen LogP contribution in [0.1, 0.15) is 36.8 Å². The predicted molar refractivity (Wildman–Crippen MR) is 66.6 cm³/mol. The molecule has 2 unspecified atom stereocenters. The van der Waals surface area contributed by atoms with Crippen LogP contribution in [0.4, 0.5) is 0 Å². The van der Waals surface area contributed by atoms with E-state index in [2.05, 4.69) is 24.3 Å². The quantitative estimate of drug-likeness (QED) is 0.844. The predicted octanol–water partition coefficient (Wildman–Crippen LogP) is 2.47. The molecule has 0 saturated heterocycles. The van der Waals surface area contributed by atoms with Gasteiger partial charge in [0.05, 0.1) is 6.61 Å². The number of hydrogen-bond donors (Lipinski definition) is 1. The third-order valence-corrected chi connectivity index (χ3v) is 3.45. The molecule has 16 heavy (non-hydrogen) atoms. The summed E-state index contributed by atoms with van der Waals surface area (Å²) in [6.07, 6.45) is 3.65. The maximum absolute atomic E-state index is 6.22. The smallest absolute Gasteiger partial charge is 0.0623 e. The number of rotatable bonds is 4. The summed E-state index contributed by atoms with van der Waals surface area (Å²) in [7, 11) is 0. The third-order valence-electron chi connectivity index (χ3n) is 3.45. The Labute approximate surface area is 97.8 Å². The van der Waals surface area contributed by atoms with Crippen LogP contribution in [0.3, 0.4) is 0 Å². The van der Waals surface area contributed by atoms with Gasteiger partial charge in [0.1, 0.15) is 0 Å². The van der Waals surface area contributed by atoms with Crippen LogP contribution in [-0.4, -0.2) is 19.3 Å². The van der Waals surface area contributed by atoms with Crippen molar-refractivity contribution in [1.82, 2.24) is 0 Å². The van der Waals surface area contributed by atoms with Gasteiger partial charge in [-0.2, -0.15) is 0 Å². The lowest BCUT2D eigenvalue weighted by Crippen LogP contribution is -2.35. The number of ether oxygens (including phenoxy) is 1. The average molecular weight is 219 g/mol. The van der Waals surface area contributed by atoms with Gasteiger partial charge in [-0.1, -0.05) is 24.3 Å². The van der Waals surface area contributed by atoms with Crippen molar-refractivity contribution >= 4 is 0 Å². The number of nitrogens with two attached hydrogens (primary N) is 1. The normalized spacial score (nSPS) is 21.5. The lowest BCUT2D eigenvalue weighted by Gasteiger charge is -2.30. The van der Waals surface area contributed by atoms with Crippen LogP contribution in [0.25, 0.3) is 0 Å². The van der Waals surface area contributed by atoms with Crippen LogP contribution >= 0.6 is 0 Å². The van der Waals surface area contributed by atoms with Crippen molar-refractivity contribution in [1.29, 1.82) is 0 Å². The summed E-state index contributed by atoms with van der Waals surface area (Å²) in [5, 5.41) is 0. The summed E-state index contributed by atoms with van der Waals surface area (Å²) >= 11 is 0. The largest absolute Gasteiger partial charge is 0.380 e. The van der Waals surface area contributed by atoms with Gasteiger partial charge in [0.2, 0.25) is 0 Å². The first-order valence-electron chi connectivity index (χ1n) is 6.24. The topological polar surface area (TPSA) is 35.2 Å². The van der Waals surface area contributed by atoms with Crippen molar-refractivity contribution in [3.05, 3.63) is 35.4 Å². The van der Waals surface area contributed by atoms with Gasteiger partial charge in [-0.3, -0.25) is 0 Å². The Kier molecular flexibility index (Phi) is 3.97. The molecule has 2 heteroatoms. The molecule has 88 valence electrons. The summed E-state index contributed by atoms with van der Waals surface area (Å²) in [6, 6.07) is 8.83. The molecular weight excluding hydrogens is 198 g/mol. The van der Waals surface area contributed by atoms with E-state index in [4.69, 9.17) is 10.5 Å². The summed E-state index contributed by atoms with van der Waals surface area (Å²) in [5.74, 6) is 0.483. The molecule has 0 spiro atoms. The average Bonchev–Trinajstić information content (AvgIpc) is 2.35. The van der Waals surface area contributed by atoms with Crippen molar-refractivity contribution in [2.45, 2.75) is 38.1 Å². The Morgan fingerprint density at radius 3 is 3.06 bits per heavy atom. The van der Waals surface area contributed by atoms with E-state index < -0.39 is 0 Å². The fourth-order valence-electron chi connectivity index (χ4n) is 2.61. The molecular formula is C14H21NO. The van der Waals surface area contributed by atoms with E-state index >= 15 is 0 Å². The van der Waals surface area contributed by atoms with Gasteiger partial charge in [-0.05, 0) is 37.3 Å². The minimum Gasteiger partial charge on any atom is -0.380 e. The Balaban J connectivity index is 2.12. The maximum atomic E-state index is 6.22. The van der Waals surface area contributed by atoms with E-state index in [0.717, 1.165) is 6.61 Å². The molecule has 1 aliphatic carbocycles. The molecule has 1 aromatic carbocycles. The number of hydrogen-bond acceptors (Lipinski definition) is 2. The molecule has 1 aliphatic rings. The highest BCUT2D eigenvalue weighted by atomic mass is 16.5. The Hall–Kier alpha value is -0.860. The van der Waals surface area contributed by atoms with Gasteiger partial charge >= 0.3 is 0 Å². The zero-order chi connectivity index (χ0) is 11.4. The molecule has 0 aromatic heterocycles. The number of benzene rings is 1. The van der Waals surface area contributed by atoms with Gasteiger partial charge in [0.15, 0.2) is 0 Å². The minimum atomic E-state index is 0.140. The second-order valence-electron chi connectivity index (χ2n) is 4.52. The number of aryl methyl sites for hydroxylation is 1. The van der Waals surface area contributed by atoms with Crippen molar-refractivity contribution in [3.63, 3.8) is 0 Å². The Bertz CT molecular complexity index is 337. The van der Waals surface area contributed by atoms with Crippen molar-refractivity contribution in [3.8, 4) is 0 Å². The number of fused-ring (bicyclic) bond motifs is 1. The lowest BCUT2D eigenvalue weighted by atomic mass is 9.79. The van der Waals surface area contributed by atoms with E-state index in [0.29, 0.717) is 12.5 Å². The van der Waals surface area contributed by atoms with Crippen LogP contribution in [0.15, 0.2) is 24.3 Å². The van der Waals surface area contributed by atoms with Gasteiger partial charge < -0.3 is 10.5 Å². The Morgan fingerprint density at radius 2 is 2.25 bits per heavy atom. The van der Waals surface area contributed by atoms with E-state index in [1.165, 1.54) is 30.4 Å². The SMILES string of the molecule is CCOCC(N)C1CCCc2ccccc21. The fourth-order valence-corrected chi connectivity index (χ4v) is 2.61. The molecule has 0 saturated carbocycles. The third kappa shape index (κ3) is 2.45. The molecule has 0 radical (unpaired) electrons. The second-order valence-corrected chi connectivity index (χ2v) is 4.52. The summed E-state index contributed by atoms with van der Waals surface area (Å²) in [4.78, 5) is 0. The van der Waals surface area contributed by atoms with Crippen LogP contribution in [0.5, 0.6) is 0 Å². The highest BCUT2D eigenvalue weighted by Gasteiger charge is 2.25. The second kappa shape index (κ2) is 5.46. The van der Waals surface area contributed by atoms with Crippen LogP contribution in [0.2, 0.25) is 0 Å². The van der Waals surface area contributed by atoms with E-state index in [-0.39, 0.29) is 6.04 Å². The molecule has 2 nitrogen and oxygen atoms in total. The Morgan fingerprint density at radius 1 is 1.44 bits per heavy atom. The molecule has 0 heterocycles. The zero-order valence-electron chi connectivity index (χ0n) is 9.99. The first-order valence-corrected chi connectivity index (χ1v) is 6.24. The molecule has 0 amide bonds. The van der Waals surface area contributed by atoms with Crippen molar-refractivity contribution < 1.29 is 4.74 Å². The standard InChI is InChI=1S/C14H21NO/c1-2-16-10-14(15)13-9-5-7-11-6-3-4-8-12(11)13/h3-4,6,8,13-14H,2,5,7,9-10,15H2,1H3. The van der Waals surface area contributed by atoms with Crippen LogP contribution in [-0.2, 0) is 11.2 Å². The molecule has 2 N–H and O–H groups in total. The highest BCUT2D eigenvalue weighted by molar-refractivity contribution is 5.33. The minimum absolute atomic E-state index is 0.140. The van der Waals surface area contributed by atoms with Gasteiger partial charge in [-0.15, -0.1) is 0 Å². The van der Waals surface area contributed by atoms with E-state index in [9.17, 15) is 0 Å². The lowest BCUT2D eigenvalue weighted by molar-refractivity contribution is 0.123. The van der Waals surface area contributed by atoms with E-state index in [1.54, 1.807) is 0 Å². The van der Waals surface area contributed by atoms with Crippen LogP contribution < -0.4 is 5.73 Å². The first kappa shape index (κ1) is 11.6. The highest BCUT2D eigenvalue weighted by Crippen LogP contribution is 2.33. The molecule has 2 rings (SSSR count). The van der Waals surface area contributed by atoms with Crippen LogP contribution in [0, 0.1) is 0 Å². The van der Waals surface area contributed by atoms with Gasteiger partial charge in [0, 0.05) is 18.6 Å². The molecule has 0 bridgehead atoms. The first-order chi connectivity index (χ1) is 7.83. The fraction of sp³-hybridized carbons (Fsp3) is 0.571. The molecule has 0 aliphatic heterocycles. The van der Waals surface area contributed by atoms with Gasteiger partial charge in [0.25, 0.3) is 0 Å². The summed E-state index contributed by atoms with van der Waals surface area (Å²) in [6.45, 7) is 3.44. The monoisotopic (exact) mass is 219 g/mol. The van der Waals surface area contributed by atoms with Crippen molar-refractivity contribution in [2.75, 3.05) is 13.2 Å². The summed E-state index contributed by atoms with van der Waals surface area (Å²) in [5.41, 5.74) is 9.15. The summed E-state index contributed by atoms with van der Waals surface area (Å²) < 4.78 is 5.44. The molecule has 2 atom stereocenters. The zero-order valence-corrected chi connectivity index (χ0v) is 9.99.